The lowest BCUT2D eigenvalue weighted by atomic mass is 9.93. The van der Waals surface area contributed by atoms with Crippen molar-refractivity contribution in [3.05, 3.63) is 0 Å². The highest BCUT2D eigenvalue weighted by molar-refractivity contribution is 4.74. The third-order valence-electron chi connectivity index (χ3n) is 2.46. The van der Waals surface area contributed by atoms with Gasteiger partial charge in [0.25, 0.3) is 0 Å². The van der Waals surface area contributed by atoms with Gasteiger partial charge in [0.1, 0.15) is 0 Å². The van der Waals surface area contributed by atoms with Crippen LogP contribution in [0.4, 0.5) is 0 Å². The normalized spacial score (nSPS) is 14.6. The first-order valence-corrected chi connectivity index (χ1v) is 6.09. The predicted octanol–water partition coefficient (Wildman–Crippen LogP) is 3.07. The van der Waals surface area contributed by atoms with Crippen LogP contribution in [0, 0.1) is 11.8 Å². The Hall–Kier alpha value is -0.0800. The topological polar surface area (TPSA) is 21.3 Å². The van der Waals surface area contributed by atoms with Crippen molar-refractivity contribution >= 4 is 0 Å². The smallest absolute Gasteiger partial charge is 0.0465 e. The number of hydrogen-bond donors (Lipinski definition) is 1. The third kappa shape index (κ3) is 10.2. The number of methoxy groups -OCH3 is 1. The molecule has 0 spiro atoms. The molecule has 0 bridgehead atoms. The first kappa shape index (κ1) is 14.9. The van der Waals surface area contributed by atoms with Gasteiger partial charge in [0.05, 0.1) is 0 Å². The van der Waals surface area contributed by atoms with Crippen molar-refractivity contribution in [1.29, 1.82) is 0 Å². The lowest BCUT2D eigenvalue weighted by Gasteiger charge is -2.26. The Morgan fingerprint density at radius 3 is 2.20 bits per heavy atom. The zero-order chi connectivity index (χ0) is 11.9. The average molecular weight is 215 g/mol. The van der Waals surface area contributed by atoms with Crippen LogP contribution in [-0.2, 0) is 4.74 Å². The second-order valence-corrected chi connectivity index (χ2v) is 5.91. The van der Waals surface area contributed by atoms with Crippen LogP contribution in [0.1, 0.15) is 47.5 Å². The Labute approximate surface area is 95.8 Å². The van der Waals surface area contributed by atoms with E-state index in [1.807, 2.05) is 0 Å². The van der Waals surface area contributed by atoms with Crippen LogP contribution in [0.25, 0.3) is 0 Å². The van der Waals surface area contributed by atoms with Crippen LogP contribution in [0.2, 0.25) is 0 Å². The molecule has 1 atom stereocenters. The first-order chi connectivity index (χ1) is 6.85. The summed E-state index contributed by atoms with van der Waals surface area (Å²) in [6.07, 6.45) is 2.45. The van der Waals surface area contributed by atoms with Gasteiger partial charge >= 0.3 is 0 Å². The van der Waals surface area contributed by atoms with Crippen molar-refractivity contribution in [3.63, 3.8) is 0 Å². The molecular weight excluding hydrogens is 186 g/mol. The molecule has 2 nitrogen and oxygen atoms in total. The summed E-state index contributed by atoms with van der Waals surface area (Å²) < 4.78 is 5.16. The van der Waals surface area contributed by atoms with Gasteiger partial charge in [0.15, 0.2) is 0 Å². The van der Waals surface area contributed by atoms with Gasteiger partial charge in [-0.2, -0.15) is 0 Å². The fourth-order valence-electron chi connectivity index (χ4n) is 1.70. The molecule has 92 valence electrons. The molecule has 0 saturated heterocycles. The van der Waals surface area contributed by atoms with E-state index in [4.69, 9.17) is 4.74 Å². The lowest BCUT2D eigenvalue weighted by Crippen LogP contribution is -2.39. The van der Waals surface area contributed by atoms with Gasteiger partial charge < -0.3 is 10.1 Å². The van der Waals surface area contributed by atoms with Gasteiger partial charge in [-0.15, -0.1) is 0 Å². The first-order valence-electron chi connectivity index (χ1n) is 6.09. The average Bonchev–Trinajstić information content (AvgIpc) is 2.07. The highest BCUT2D eigenvalue weighted by Gasteiger charge is 2.15. The Morgan fingerprint density at radius 2 is 1.80 bits per heavy atom. The van der Waals surface area contributed by atoms with E-state index in [9.17, 15) is 0 Å². The molecule has 0 rings (SSSR count). The monoisotopic (exact) mass is 215 g/mol. The molecule has 15 heavy (non-hydrogen) atoms. The second-order valence-electron chi connectivity index (χ2n) is 5.91. The SMILES string of the molecule is COCCC(CNC(C)(C)C)CC(C)C. The maximum absolute atomic E-state index is 5.16. The van der Waals surface area contributed by atoms with Crippen LogP contribution in [0.5, 0.6) is 0 Å². The molecule has 2 heteroatoms. The van der Waals surface area contributed by atoms with Gasteiger partial charge in [0.2, 0.25) is 0 Å². The van der Waals surface area contributed by atoms with Crippen LogP contribution in [-0.4, -0.2) is 25.8 Å². The van der Waals surface area contributed by atoms with Gasteiger partial charge in [-0.05, 0) is 52.0 Å². The van der Waals surface area contributed by atoms with E-state index in [2.05, 4.69) is 39.9 Å². The lowest BCUT2D eigenvalue weighted by molar-refractivity contribution is 0.167. The van der Waals surface area contributed by atoms with Gasteiger partial charge in [-0.25, -0.2) is 0 Å². The summed E-state index contributed by atoms with van der Waals surface area (Å²) in [4.78, 5) is 0. The molecule has 1 N–H and O–H groups in total. The molecule has 0 heterocycles. The molecule has 0 aliphatic carbocycles. The number of ether oxygens (including phenoxy) is 1. The Bertz CT molecular complexity index is 149. The molecule has 0 aromatic carbocycles. The zero-order valence-corrected chi connectivity index (χ0v) is 11.4. The molecule has 0 radical (unpaired) electrons. The highest BCUT2D eigenvalue weighted by atomic mass is 16.5. The van der Waals surface area contributed by atoms with E-state index in [1.165, 1.54) is 6.42 Å². The zero-order valence-electron chi connectivity index (χ0n) is 11.4. The Balaban J connectivity index is 3.89. The quantitative estimate of drug-likeness (QED) is 0.704. The largest absolute Gasteiger partial charge is 0.385 e. The van der Waals surface area contributed by atoms with Gasteiger partial charge in [-0.1, -0.05) is 13.8 Å². The van der Waals surface area contributed by atoms with E-state index in [0.717, 1.165) is 31.4 Å². The van der Waals surface area contributed by atoms with Gasteiger partial charge in [-0.3, -0.25) is 0 Å². The predicted molar refractivity (Wildman–Crippen MR) is 67.2 cm³/mol. The molecule has 0 fully saturated rings. The highest BCUT2D eigenvalue weighted by Crippen LogP contribution is 2.15. The molecule has 0 saturated carbocycles. The molecule has 0 aromatic rings. The number of nitrogens with one attached hydrogen (secondary N) is 1. The summed E-state index contributed by atoms with van der Waals surface area (Å²) in [5.74, 6) is 1.51. The molecule has 0 aromatic heterocycles. The standard InChI is InChI=1S/C13H29NO/c1-11(2)9-12(7-8-15-6)10-14-13(3,4)5/h11-12,14H,7-10H2,1-6H3. The van der Waals surface area contributed by atoms with Crippen molar-refractivity contribution in [2.24, 2.45) is 11.8 Å². The van der Waals surface area contributed by atoms with Crippen LogP contribution < -0.4 is 5.32 Å². The van der Waals surface area contributed by atoms with Crippen molar-refractivity contribution in [2.75, 3.05) is 20.3 Å². The minimum absolute atomic E-state index is 0.225. The van der Waals surface area contributed by atoms with Gasteiger partial charge in [0, 0.05) is 19.3 Å². The third-order valence-corrected chi connectivity index (χ3v) is 2.46. The van der Waals surface area contributed by atoms with E-state index in [1.54, 1.807) is 7.11 Å². The van der Waals surface area contributed by atoms with E-state index in [0.29, 0.717) is 0 Å². The minimum Gasteiger partial charge on any atom is -0.385 e. The molecular formula is C13H29NO. The summed E-state index contributed by atoms with van der Waals surface area (Å²) in [6.45, 7) is 13.2. The summed E-state index contributed by atoms with van der Waals surface area (Å²) in [7, 11) is 1.78. The number of hydrogen-bond acceptors (Lipinski definition) is 2. The summed E-state index contributed by atoms with van der Waals surface area (Å²) in [5.41, 5.74) is 0.225. The van der Waals surface area contributed by atoms with Crippen molar-refractivity contribution < 1.29 is 4.74 Å². The maximum Gasteiger partial charge on any atom is 0.0465 e. The van der Waals surface area contributed by atoms with Crippen molar-refractivity contribution in [2.45, 2.75) is 53.0 Å². The molecule has 0 aliphatic heterocycles. The molecule has 0 amide bonds. The Kier molecular flexibility index (Phi) is 7.20. The molecule has 0 aliphatic rings. The Morgan fingerprint density at radius 1 is 1.20 bits per heavy atom. The maximum atomic E-state index is 5.16. The molecule has 1 unspecified atom stereocenters. The van der Waals surface area contributed by atoms with E-state index >= 15 is 0 Å². The van der Waals surface area contributed by atoms with Crippen molar-refractivity contribution in [1.82, 2.24) is 5.32 Å². The summed E-state index contributed by atoms with van der Waals surface area (Å²) in [5, 5.41) is 3.58. The van der Waals surface area contributed by atoms with Crippen LogP contribution in [0.3, 0.4) is 0 Å². The van der Waals surface area contributed by atoms with Crippen LogP contribution in [0.15, 0.2) is 0 Å². The van der Waals surface area contributed by atoms with E-state index in [-0.39, 0.29) is 5.54 Å². The van der Waals surface area contributed by atoms with Crippen LogP contribution >= 0.6 is 0 Å². The fraction of sp³-hybridized carbons (Fsp3) is 1.00. The minimum atomic E-state index is 0.225. The fourth-order valence-corrected chi connectivity index (χ4v) is 1.70. The second kappa shape index (κ2) is 7.24. The van der Waals surface area contributed by atoms with E-state index < -0.39 is 0 Å². The summed E-state index contributed by atoms with van der Waals surface area (Å²) in [6, 6.07) is 0. The van der Waals surface area contributed by atoms with Crippen molar-refractivity contribution in [3.8, 4) is 0 Å². The number of rotatable bonds is 7. The summed E-state index contributed by atoms with van der Waals surface area (Å²) >= 11 is 0.